The molecule has 2 atom stereocenters. The van der Waals surface area contributed by atoms with Crippen LogP contribution in [-0.4, -0.2) is 44.1 Å². The molecule has 1 aliphatic rings. The Kier molecular flexibility index (Phi) is 10.2. The third kappa shape index (κ3) is 8.55. The Morgan fingerprint density at radius 1 is 1.21 bits per heavy atom. The second-order valence-corrected chi connectivity index (χ2v) is 11.2. The lowest BCUT2D eigenvalue weighted by atomic mass is 9.97. The normalized spacial score (nSPS) is 14.5. The van der Waals surface area contributed by atoms with Gasteiger partial charge in [0.1, 0.15) is 0 Å². The first-order chi connectivity index (χ1) is 20.1. The van der Waals surface area contributed by atoms with Gasteiger partial charge < -0.3 is 20.1 Å². The first kappa shape index (κ1) is 31.0. The highest BCUT2D eigenvalue weighted by Crippen LogP contribution is 2.32. The number of nitrogens with zero attached hydrogens (tertiary/aromatic N) is 4. The van der Waals surface area contributed by atoms with Crippen molar-refractivity contribution in [2.45, 2.75) is 70.9 Å². The Bertz CT molecular complexity index is 1410. The third-order valence-electron chi connectivity index (χ3n) is 7.55. The molecular weight excluding hydrogens is 561 g/mol. The smallest absolute Gasteiger partial charge is 0.360 e. The summed E-state index contributed by atoms with van der Waals surface area (Å²) in [7, 11) is 0. The van der Waals surface area contributed by atoms with Gasteiger partial charge in [-0.15, -0.1) is 0 Å². The zero-order valence-corrected chi connectivity index (χ0v) is 24.5. The highest BCUT2D eigenvalue weighted by Gasteiger charge is 2.34. The Morgan fingerprint density at radius 3 is 2.57 bits per heavy atom. The molecule has 3 aromatic rings. The summed E-state index contributed by atoms with van der Waals surface area (Å²) < 4.78 is 43.2. The predicted molar refractivity (Wildman–Crippen MR) is 158 cm³/mol. The van der Waals surface area contributed by atoms with Crippen LogP contribution in [0.1, 0.15) is 61.1 Å². The number of amides is 1. The minimum absolute atomic E-state index is 0.0333. The summed E-state index contributed by atoms with van der Waals surface area (Å²) in [6, 6.07) is 14.7. The van der Waals surface area contributed by atoms with E-state index in [0.29, 0.717) is 17.2 Å². The zero-order chi connectivity index (χ0) is 30.3. The Labute approximate surface area is 249 Å². The number of hydrogen-bond acceptors (Lipinski definition) is 4. The van der Waals surface area contributed by atoms with E-state index in [9.17, 15) is 18.0 Å². The van der Waals surface area contributed by atoms with Crippen LogP contribution in [0.3, 0.4) is 0 Å². The molecule has 0 aliphatic heterocycles. The van der Waals surface area contributed by atoms with Gasteiger partial charge in [-0.05, 0) is 60.3 Å². The summed E-state index contributed by atoms with van der Waals surface area (Å²) in [5, 5.41) is 15.8. The van der Waals surface area contributed by atoms with E-state index in [1.807, 2.05) is 30.5 Å². The predicted octanol–water partition coefficient (Wildman–Crippen LogP) is 5.43. The van der Waals surface area contributed by atoms with Crippen LogP contribution in [0, 0.1) is 17.2 Å². The molecule has 0 saturated heterocycles. The lowest BCUT2D eigenvalue weighted by Gasteiger charge is -2.34. The van der Waals surface area contributed by atoms with Gasteiger partial charge in [0.25, 0.3) is 0 Å². The lowest BCUT2D eigenvalue weighted by molar-refractivity contribution is -0.138. The van der Waals surface area contributed by atoms with Crippen molar-refractivity contribution in [2.75, 3.05) is 6.54 Å². The number of thiocarbonyl (C=S) groups is 1. The average molecular weight is 597 g/mol. The molecular formula is C31H35F3N6OS. The van der Waals surface area contributed by atoms with Gasteiger partial charge >= 0.3 is 6.18 Å². The molecule has 2 unspecified atom stereocenters. The molecule has 2 aromatic carbocycles. The molecule has 1 amide bonds. The topological polar surface area (TPSA) is 86.0 Å². The summed E-state index contributed by atoms with van der Waals surface area (Å²) in [6.07, 6.45) is 1.61. The second-order valence-electron chi connectivity index (χ2n) is 10.8. The summed E-state index contributed by atoms with van der Waals surface area (Å²) in [5.74, 6) is -0.166. The molecule has 42 heavy (non-hydrogen) atoms. The van der Waals surface area contributed by atoms with E-state index >= 15 is 0 Å². The highest BCUT2D eigenvalue weighted by molar-refractivity contribution is 7.80. The number of halogens is 3. The molecule has 1 aliphatic carbocycles. The number of benzene rings is 2. The Morgan fingerprint density at radius 2 is 1.93 bits per heavy atom. The van der Waals surface area contributed by atoms with Crippen LogP contribution < -0.4 is 10.6 Å². The van der Waals surface area contributed by atoms with E-state index in [4.69, 9.17) is 17.5 Å². The van der Waals surface area contributed by atoms with Crippen molar-refractivity contribution in [3.05, 3.63) is 89.0 Å². The van der Waals surface area contributed by atoms with E-state index in [-0.39, 0.29) is 49.0 Å². The van der Waals surface area contributed by atoms with Crippen molar-refractivity contribution in [3.63, 3.8) is 0 Å². The number of nitrogens with one attached hydrogen (secondary N) is 2. The molecule has 1 fully saturated rings. The minimum atomic E-state index is -4.49. The lowest BCUT2D eigenvalue weighted by Crippen LogP contribution is -2.51. The summed E-state index contributed by atoms with van der Waals surface area (Å²) in [5.41, 5.74) is 1.71. The fourth-order valence-electron chi connectivity index (χ4n) is 4.68. The van der Waals surface area contributed by atoms with Crippen molar-refractivity contribution in [3.8, 4) is 6.07 Å². The van der Waals surface area contributed by atoms with Gasteiger partial charge in [0, 0.05) is 43.6 Å². The van der Waals surface area contributed by atoms with Crippen LogP contribution in [0.15, 0.2) is 61.1 Å². The zero-order valence-electron chi connectivity index (χ0n) is 23.7. The van der Waals surface area contributed by atoms with Crippen molar-refractivity contribution in [2.24, 2.45) is 5.92 Å². The molecule has 0 radical (unpaired) electrons. The van der Waals surface area contributed by atoms with Gasteiger partial charge in [0.15, 0.2) is 5.11 Å². The number of carbonyl (C=O) groups excluding carboxylic acids is 1. The fourth-order valence-corrected chi connectivity index (χ4v) is 4.99. The fraction of sp³-hybridized carbons (Fsp3) is 0.419. The monoisotopic (exact) mass is 596 g/mol. The maximum Gasteiger partial charge on any atom is 0.416 e. The quantitative estimate of drug-likeness (QED) is 0.271. The second kappa shape index (κ2) is 13.8. The van der Waals surface area contributed by atoms with Crippen LogP contribution in [0.4, 0.5) is 13.2 Å². The van der Waals surface area contributed by atoms with Gasteiger partial charge in [0.05, 0.1) is 29.9 Å². The van der Waals surface area contributed by atoms with Crippen molar-refractivity contribution in [1.29, 1.82) is 5.26 Å². The molecule has 11 heteroatoms. The third-order valence-corrected chi connectivity index (χ3v) is 7.92. The molecule has 222 valence electrons. The molecule has 1 heterocycles. The highest BCUT2D eigenvalue weighted by atomic mass is 32.1. The number of carbonyl (C=O) groups is 1. The summed E-state index contributed by atoms with van der Waals surface area (Å²) in [4.78, 5) is 19.3. The number of hydrogen-bond donors (Lipinski definition) is 2. The van der Waals surface area contributed by atoms with Gasteiger partial charge in [-0.3, -0.25) is 4.79 Å². The van der Waals surface area contributed by atoms with Crippen LogP contribution in [0.5, 0.6) is 0 Å². The largest absolute Gasteiger partial charge is 0.416 e. The van der Waals surface area contributed by atoms with Gasteiger partial charge in [-0.2, -0.15) is 18.4 Å². The molecule has 0 bridgehead atoms. The molecule has 7 nitrogen and oxygen atoms in total. The van der Waals surface area contributed by atoms with Gasteiger partial charge in [-0.1, -0.05) is 50.6 Å². The first-order valence-corrected chi connectivity index (χ1v) is 14.5. The van der Waals surface area contributed by atoms with E-state index in [0.717, 1.165) is 36.6 Å². The molecule has 4 rings (SSSR count). The molecule has 1 aromatic heterocycles. The van der Waals surface area contributed by atoms with E-state index < -0.39 is 11.7 Å². The van der Waals surface area contributed by atoms with Crippen LogP contribution in [0.2, 0.25) is 0 Å². The Hall–Kier alpha value is -3.91. The summed E-state index contributed by atoms with van der Waals surface area (Å²) >= 11 is 5.66. The van der Waals surface area contributed by atoms with Gasteiger partial charge in [-0.25, -0.2) is 4.98 Å². The Balaban J connectivity index is 1.48. The van der Waals surface area contributed by atoms with Crippen LogP contribution in [-0.2, 0) is 30.5 Å². The number of rotatable bonds is 12. The average Bonchev–Trinajstić information content (AvgIpc) is 3.68. The van der Waals surface area contributed by atoms with Crippen molar-refractivity contribution in [1.82, 2.24) is 25.1 Å². The first-order valence-electron chi connectivity index (χ1n) is 14.0. The molecule has 2 N–H and O–H groups in total. The number of nitriles is 1. The molecule has 0 spiro atoms. The summed E-state index contributed by atoms with van der Waals surface area (Å²) in [6.45, 7) is 4.75. The van der Waals surface area contributed by atoms with Crippen molar-refractivity contribution >= 4 is 23.2 Å². The number of imidazole rings is 1. The van der Waals surface area contributed by atoms with E-state index in [2.05, 4.69) is 21.7 Å². The van der Waals surface area contributed by atoms with Gasteiger partial charge in [0.2, 0.25) is 5.91 Å². The number of aromatic nitrogens is 2. The standard InChI is InChI=1S/C31H35F3N6OS/c1-3-21(2)28(38-29(41)14-26-16-36-20-40(26)17-23-10-8-22(15-35)9-11-23)19-39(30(42)37-25-12-13-25)18-24-6-4-5-7-27(24)31(32,33)34/h4-11,16,20-21,25,28H,3,12-14,17-19H2,1-2H3,(H,37,42)(H,38,41). The minimum Gasteiger partial charge on any atom is -0.360 e. The van der Waals surface area contributed by atoms with E-state index in [1.54, 1.807) is 35.6 Å². The van der Waals surface area contributed by atoms with Crippen molar-refractivity contribution < 1.29 is 18.0 Å². The maximum atomic E-state index is 13.8. The maximum absolute atomic E-state index is 13.8. The van der Waals surface area contributed by atoms with E-state index in [1.165, 1.54) is 12.1 Å². The van der Waals surface area contributed by atoms with Crippen LogP contribution >= 0.6 is 12.2 Å². The SMILES string of the molecule is CCC(C)C(CN(Cc1ccccc1C(F)(F)F)C(=S)NC1CC1)NC(=O)Cc1cncn1Cc1ccc(C#N)cc1. The molecule has 1 saturated carbocycles. The number of alkyl halides is 3. The van der Waals surface area contributed by atoms with Crippen LogP contribution in [0.25, 0.3) is 0 Å².